The van der Waals surface area contributed by atoms with Crippen LogP contribution >= 0.6 is 11.6 Å². The van der Waals surface area contributed by atoms with E-state index in [1.54, 1.807) is 0 Å². The molecule has 0 saturated carbocycles. The largest absolute Gasteiger partial charge is 0.208 e. The predicted octanol–water partition coefficient (Wildman–Crippen LogP) is 11.3. The summed E-state index contributed by atoms with van der Waals surface area (Å²) in [4.78, 5) is 14.8. The summed E-state index contributed by atoms with van der Waals surface area (Å²) in [5.41, 5.74) is 9.09. The van der Waals surface area contributed by atoms with E-state index in [-0.39, 0.29) is 0 Å². The maximum Gasteiger partial charge on any atom is 0.164 e. The number of nitrogens with zero attached hydrogens (tertiary/aromatic N) is 3. The highest BCUT2D eigenvalue weighted by atomic mass is 35.5. The highest BCUT2D eigenvalue weighted by Gasteiger charge is 2.20. The van der Waals surface area contributed by atoms with Gasteiger partial charge in [0, 0.05) is 21.7 Å². The van der Waals surface area contributed by atoms with Gasteiger partial charge < -0.3 is 0 Å². The summed E-state index contributed by atoms with van der Waals surface area (Å²) >= 11 is 6.36. The fourth-order valence-electron chi connectivity index (χ4n) is 5.92. The van der Waals surface area contributed by atoms with Gasteiger partial charge in [-0.3, -0.25) is 0 Å². The van der Waals surface area contributed by atoms with Crippen molar-refractivity contribution < 1.29 is 0 Å². The normalized spacial score (nSPS) is 11.0. The molecule has 4 heteroatoms. The lowest BCUT2D eigenvalue weighted by Gasteiger charge is -2.20. The molecule has 0 N–H and O–H groups in total. The van der Waals surface area contributed by atoms with E-state index in [4.69, 9.17) is 26.6 Å². The van der Waals surface area contributed by atoms with E-state index in [2.05, 4.69) is 79.9 Å². The Balaban J connectivity index is 1.46. The molecule has 1 heterocycles. The zero-order chi connectivity index (χ0) is 30.8. The fraction of sp³-hybridized carbons (Fsp3) is 0. The van der Waals surface area contributed by atoms with Crippen molar-refractivity contribution in [3.63, 3.8) is 0 Å². The minimum absolute atomic E-state index is 0.560. The van der Waals surface area contributed by atoms with Crippen molar-refractivity contribution in [1.29, 1.82) is 0 Å². The number of hydrogen-bond donors (Lipinski definition) is 0. The molecule has 0 radical (unpaired) electrons. The van der Waals surface area contributed by atoms with Gasteiger partial charge in [-0.15, -0.1) is 0 Å². The first-order chi connectivity index (χ1) is 22.1. The van der Waals surface area contributed by atoms with Crippen LogP contribution in [-0.2, 0) is 0 Å². The monoisotopic (exact) mass is 597 g/mol. The van der Waals surface area contributed by atoms with Crippen LogP contribution in [0.15, 0.2) is 147 Å². The molecule has 0 aliphatic heterocycles. The Kier molecular flexibility index (Phi) is 7.61. The summed E-state index contributed by atoms with van der Waals surface area (Å²) in [5.74, 6) is 1.74. The van der Waals surface area contributed by atoms with Gasteiger partial charge in [0.1, 0.15) is 0 Å². The maximum atomic E-state index is 6.36. The molecule has 1 aromatic heterocycles. The molecular weight excluding hydrogens is 570 g/mol. The molecule has 0 aliphatic rings. The molecule has 0 unspecified atom stereocenters. The van der Waals surface area contributed by atoms with Crippen LogP contribution in [0.1, 0.15) is 11.1 Å². The van der Waals surface area contributed by atoms with Gasteiger partial charge >= 0.3 is 0 Å². The van der Waals surface area contributed by atoms with Crippen LogP contribution in [0.4, 0.5) is 0 Å². The Hall–Kier alpha value is -5.64. The molecule has 7 aromatic rings. The second kappa shape index (κ2) is 12.2. The Morgan fingerprint density at radius 2 is 0.844 bits per heavy atom. The summed E-state index contributed by atoms with van der Waals surface area (Å²) in [6, 6.07) is 44.9. The zero-order valence-electron chi connectivity index (χ0n) is 24.5. The van der Waals surface area contributed by atoms with Crippen molar-refractivity contribution in [1.82, 2.24) is 15.0 Å². The fourth-order valence-corrected chi connectivity index (χ4v) is 6.11. The molecule has 3 nitrogen and oxygen atoms in total. The van der Waals surface area contributed by atoms with Gasteiger partial charge in [0.25, 0.3) is 0 Å². The van der Waals surface area contributed by atoms with Gasteiger partial charge in [0.2, 0.25) is 0 Å². The Labute approximate surface area is 267 Å². The quantitative estimate of drug-likeness (QED) is 0.183. The number of benzene rings is 6. The minimum Gasteiger partial charge on any atom is -0.208 e. The van der Waals surface area contributed by atoms with E-state index in [0.717, 1.165) is 60.8 Å². The average molecular weight is 598 g/mol. The summed E-state index contributed by atoms with van der Waals surface area (Å²) in [7, 11) is 0. The van der Waals surface area contributed by atoms with Crippen LogP contribution in [0.3, 0.4) is 0 Å². The van der Waals surface area contributed by atoms with E-state index >= 15 is 0 Å². The molecule has 0 spiro atoms. The van der Waals surface area contributed by atoms with Crippen molar-refractivity contribution in [3.8, 4) is 56.4 Å². The van der Waals surface area contributed by atoms with Crippen LogP contribution in [-0.4, -0.2) is 15.0 Å². The predicted molar refractivity (Wildman–Crippen MR) is 190 cm³/mol. The van der Waals surface area contributed by atoms with E-state index in [1.165, 1.54) is 0 Å². The number of rotatable bonds is 7. The Morgan fingerprint density at radius 1 is 0.422 bits per heavy atom. The summed E-state index contributed by atoms with van der Waals surface area (Å²) in [6.45, 7) is 8.49. The standard InChI is InChI=1S/C41H28ClN3/c1-3-33-34(4-2)38(36-24-12-11-23-35(36)37(33)27-15-7-5-8-16-27)29-19-13-20-30(25-29)40-43-39(28-17-9-6-10-18-28)44-41(45-40)31-21-14-22-32(42)26-31/h3-26H,1-2H2. The highest BCUT2D eigenvalue weighted by molar-refractivity contribution is 6.30. The van der Waals surface area contributed by atoms with Crippen LogP contribution < -0.4 is 0 Å². The van der Waals surface area contributed by atoms with Crippen molar-refractivity contribution in [2.45, 2.75) is 0 Å². The summed E-state index contributed by atoms with van der Waals surface area (Å²) in [6.07, 6.45) is 3.88. The summed E-state index contributed by atoms with van der Waals surface area (Å²) in [5, 5.41) is 2.91. The van der Waals surface area contributed by atoms with Crippen molar-refractivity contribution >= 4 is 34.5 Å². The first kappa shape index (κ1) is 28.1. The molecule has 7 rings (SSSR count). The molecule has 0 bridgehead atoms. The number of halogens is 1. The van der Waals surface area contributed by atoms with Gasteiger partial charge in [-0.25, -0.2) is 15.0 Å². The number of hydrogen-bond acceptors (Lipinski definition) is 3. The van der Waals surface area contributed by atoms with Gasteiger partial charge in [0.15, 0.2) is 17.5 Å². The van der Waals surface area contributed by atoms with Gasteiger partial charge in [-0.2, -0.15) is 0 Å². The summed E-state index contributed by atoms with van der Waals surface area (Å²) < 4.78 is 0. The SMILES string of the molecule is C=Cc1c(C=C)c(-c2cccc(-c3nc(-c4ccccc4)nc(-c4cccc(Cl)c4)n3)c2)c2ccccc2c1-c1ccccc1. The number of aromatic nitrogens is 3. The lowest BCUT2D eigenvalue weighted by molar-refractivity contribution is 1.07. The van der Waals surface area contributed by atoms with E-state index in [1.807, 2.05) is 78.9 Å². The van der Waals surface area contributed by atoms with Gasteiger partial charge in [-0.1, -0.05) is 152 Å². The zero-order valence-corrected chi connectivity index (χ0v) is 25.2. The maximum absolute atomic E-state index is 6.36. The molecule has 0 amide bonds. The highest BCUT2D eigenvalue weighted by Crippen LogP contribution is 2.43. The van der Waals surface area contributed by atoms with E-state index in [0.29, 0.717) is 22.5 Å². The van der Waals surface area contributed by atoms with Crippen LogP contribution in [0, 0.1) is 0 Å². The minimum atomic E-state index is 0.560. The molecule has 214 valence electrons. The first-order valence-electron chi connectivity index (χ1n) is 14.7. The second-order valence-corrected chi connectivity index (χ2v) is 11.1. The van der Waals surface area contributed by atoms with Crippen molar-refractivity contribution in [2.24, 2.45) is 0 Å². The Morgan fingerprint density at radius 3 is 1.40 bits per heavy atom. The number of fused-ring (bicyclic) bond motifs is 1. The third kappa shape index (κ3) is 5.35. The topological polar surface area (TPSA) is 38.7 Å². The third-order valence-corrected chi connectivity index (χ3v) is 8.16. The van der Waals surface area contributed by atoms with E-state index in [9.17, 15) is 0 Å². The second-order valence-electron chi connectivity index (χ2n) is 10.7. The lowest BCUT2D eigenvalue weighted by atomic mass is 9.83. The smallest absolute Gasteiger partial charge is 0.164 e. The molecule has 0 fully saturated rings. The first-order valence-corrected chi connectivity index (χ1v) is 15.1. The van der Waals surface area contributed by atoms with Crippen LogP contribution in [0.2, 0.25) is 5.02 Å². The molecular formula is C41H28ClN3. The van der Waals surface area contributed by atoms with Crippen molar-refractivity contribution in [3.05, 3.63) is 163 Å². The molecule has 45 heavy (non-hydrogen) atoms. The average Bonchev–Trinajstić information content (AvgIpc) is 3.11. The third-order valence-electron chi connectivity index (χ3n) is 7.92. The van der Waals surface area contributed by atoms with Gasteiger partial charge in [0.05, 0.1) is 0 Å². The van der Waals surface area contributed by atoms with Gasteiger partial charge in [-0.05, 0) is 62.4 Å². The van der Waals surface area contributed by atoms with Crippen LogP contribution in [0.5, 0.6) is 0 Å². The van der Waals surface area contributed by atoms with Crippen LogP contribution in [0.25, 0.3) is 79.3 Å². The molecule has 6 aromatic carbocycles. The van der Waals surface area contributed by atoms with Crippen molar-refractivity contribution in [2.75, 3.05) is 0 Å². The Bertz CT molecular complexity index is 2210. The lowest BCUT2D eigenvalue weighted by Crippen LogP contribution is -2.00. The van der Waals surface area contributed by atoms with E-state index < -0.39 is 0 Å². The molecule has 0 saturated heterocycles. The molecule has 0 atom stereocenters. The molecule has 0 aliphatic carbocycles.